The quantitative estimate of drug-likeness (QED) is 0.584. The van der Waals surface area contributed by atoms with Gasteiger partial charge in [-0.1, -0.05) is 0 Å². The second-order valence-electron chi connectivity index (χ2n) is 3.03. The van der Waals surface area contributed by atoms with Crippen LogP contribution in [0.2, 0.25) is 0 Å². The first-order valence-electron chi connectivity index (χ1n) is 4.32. The van der Waals surface area contributed by atoms with Crippen molar-refractivity contribution in [3.63, 3.8) is 0 Å². The number of carboxylic acid groups (broad SMARTS) is 1. The van der Waals surface area contributed by atoms with Gasteiger partial charge >= 0.3 is 5.97 Å². The van der Waals surface area contributed by atoms with E-state index in [-0.39, 0.29) is 6.61 Å². The van der Waals surface area contributed by atoms with E-state index < -0.39 is 5.97 Å². The Kier molecular flexibility index (Phi) is 4.04. The fourth-order valence-electron chi connectivity index (χ4n) is 1.39. The second kappa shape index (κ2) is 5.11. The van der Waals surface area contributed by atoms with Gasteiger partial charge in [0.2, 0.25) is 0 Å². The van der Waals surface area contributed by atoms with Crippen LogP contribution in [0.5, 0.6) is 0 Å². The topological polar surface area (TPSA) is 58.6 Å². The fraction of sp³-hybridized carbons (Fsp3) is 0.875. The Hall–Kier alpha value is -0.610. The van der Waals surface area contributed by atoms with E-state index in [1.807, 2.05) is 0 Å². The molecule has 4 nitrogen and oxygen atoms in total. The molecule has 0 aromatic carbocycles. The molecule has 1 aliphatic heterocycles. The SMILES string of the molecule is O=C(O)COCCC1CCCN1. The van der Waals surface area contributed by atoms with Gasteiger partial charge in [0.05, 0.1) is 0 Å². The Morgan fingerprint density at radius 2 is 2.50 bits per heavy atom. The third kappa shape index (κ3) is 3.69. The largest absolute Gasteiger partial charge is 0.480 e. The standard InChI is InChI=1S/C8H15NO3/c10-8(11)6-12-5-3-7-2-1-4-9-7/h7,9H,1-6H2,(H,10,11). The zero-order chi connectivity index (χ0) is 8.81. The maximum Gasteiger partial charge on any atom is 0.329 e. The number of aliphatic carboxylic acids is 1. The first kappa shape index (κ1) is 9.48. The van der Waals surface area contributed by atoms with Gasteiger partial charge in [0.25, 0.3) is 0 Å². The Morgan fingerprint density at radius 3 is 3.08 bits per heavy atom. The van der Waals surface area contributed by atoms with Gasteiger partial charge in [-0.25, -0.2) is 4.79 Å². The highest BCUT2D eigenvalue weighted by atomic mass is 16.5. The molecule has 1 saturated heterocycles. The van der Waals surface area contributed by atoms with Crippen LogP contribution in [0, 0.1) is 0 Å². The van der Waals surface area contributed by atoms with E-state index in [1.54, 1.807) is 0 Å². The van der Waals surface area contributed by atoms with E-state index in [0.29, 0.717) is 12.6 Å². The lowest BCUT2D eigenvalue weighted by Crippen LogP contribution is -2.23. The van der Waals surface area contributed by atoms with Gasteiger partial charge in [-0.3, -0.25) is 0 Å². The monoisotopic (exact) mass is 173 g/mol. The van der Waals surface area contributed by atoms with Crippen molar-refractivity contribution >= 4 is 5.97 Å². The number of ether oxygens (including phenoxy) is 1. The number of hydrogen-bond donors (Lipinski definition) is 2. The van der Waals surface area contributed by atoms with Crippen LogP contribution in [0.4, 0.5) is 0 Å². The summed E-state index contributed by atoms with van der Waals surface area (Å²) in [5, 5.41) is 11.6. The molecule has 0 bridgehead atoms. The Bertz CT molecular complexity index is 143. The number of rotatable bonds is 5. The van der Waals surface area contributed by atoms with Crippen LogP contribution in [-0.4, -0.2) is 36.9 Å². The first-order valence-corrected chi connectivity index (χ1v) is 4.32. The Morgan fingerprint density at radius 1 is 1.67 bits per heavy atom. The van der Waals surface area contributed by atoms with Crippen molar-refractivity contribution in [2.75, 3.05) is 19.8 Å². The molecule has 1 heterocycles. The van der Waals surface area contributed by atoms with Crippen LogP contribution in [0.3, 0.4) is 0 Å². The molecule has 70 valence electrons. The molecule has 0 aromatic rings. The normalized spacial score (nSPS) is 22.8. The summed E-state index contributed by atoms with van der Waals surface area (Å²) in [4.78, 5) is 10.1. The highest BCUT2D eigenvalue weighted by molar-refractivity contribution is 5.67. The lowest BCUT2D eigenvalue weighted by Gasteiger charge is -2.08. The molecule has 0 aliphatic carbocycles. The van der Waals surface area contributed by atoms with Crippen molar-refractivity contribution in [3.05, 3.63) is 0 Å². The molecule has 0 spiro atoms. The minimum Gasteiger partial charge on any atom is -0.480 e. The third-order valence-corrected chi connectivity index (χ3v) is 2.00. The molecule has 0 saturated carbocycles. The molecule has 2 N–H and O–H groups in total. The Balaban J connectivity index is 1.91. The van der Waals surface area contributed by atoms with E-state index in [0.717, 1.165) is 13.0 Å². The van der Waals surface area contributed by atoms with Crippen LogP contribution in [0.15, 0.2) is 0 Å². The summed E-state index contributed by atoms with van der Waals surface area (Å²) in [7, 11) is 0. The van der Waals surface area contributed by atoms with Gasteiger partial charge < -0.3 is 15.2 Å². The van der Waals surface area contributed by atoms with E-state index >= 15 is 0 Å². The van der Waals surface area contributed by atoms with Gasteiger partial charge in [0, 0.05) is 12.6 Å². The summed E-state index contributed by atoms with van der Waals surface area (Å²) in [6.07, 6.45) is 3.34. The predicted octanol–water partition coefficient (Wildman–Crippen LogP) is 0.230. The molecule has 12 heavy (non-hydrogen) atoms. The molecular formula is C8H15NO3. The molecule has 4 heteroatoms. The zero-order valence-electron chi connectivity index (χ0n) is 7.08. The summed E-state index contributed by atoms with van der Waals surface area (Å²) in [5.74, 6) is -0.894. The van der Waals surface area contributed by atoms with Crippen LogP contribution < -0.4 is 5.32 Å². The molecule has 0 aromatic heterocycles. The molecule has 1 aliphatic rings. The van der Waals surface area contributed by atoms with Crippen molar-refractivity contribution in [2.45, 2.75) is 25.3 Å². The maximum absolute atomic E-state index is 10.1. The summed E-state index contributed by atoms with van der Waals surface area (Å²) in [6.45, 7) is 1.46. The van der Waals surface area contributed by atoms with Crippen molar-refractivity contribution in [1.82, 2.24) is 5.32 Å². The highest BCUT2D eigenvalue weighted by Gasteiger charge is 2.13. The molecule has 0 amide bonds. The first-order chi connectivity index (χ1) is 5.79. The molecule has 0 radical (unpaired) electrons. The van der Waals surface area contributed by atoms with Crippen LogP contribution in [0.25, 0.3) is 0 Å². The lowest BCUT2D eigenvalue weighted by molar-refractivity contribution is -0.142. The number of carbonyl (C=O) groups is 1. The predicted molar refractivity (Wildman–Crippen MR) is 44.1 cm³/mol. The minimum absolute atomic E-state index is 0.174. The number of nitrogens with one attached hydrogen (secondary N) is 1. The van der Waals surface area contributed by atoms with Gasteiger partial charge in [-0.05, 0) is 25.8 Å². The average molecular weight is 173 g/mol. The maximum atomic E-state index is 10.1. The molecule has 1 fully saturated rings. The second-order valence-corrected chi connectivity index (χ2v) is 3.03. The molecule has 1 unspecified atom stereocenters. The third-order valence-electron chi connectivity index (χ3n) is 2.00. The average Bonchev–Trinajstić information content (AvgIpc) is 2.49. The smallest absolute Gasteiger partial charge is 0.329 e. The minimum atomic E-state index is -0.894. The van der Waals surface area contributed by atoms with Crippen molar-refractivity contribution in [3.8, 4) is 0 Å². The van der Waals surface area contributed by atoms with Crippen LogP contribution >= 0.6 is 0 Å². The summed E-state index contributed by atoms with van der Waals surface area (Å²) >= 11 is 0. The summed E-state index contributed by atoms with van der Waals surface area (Å²) in [6, 6.07) is 0.541. The molecule has 1 rings (SSSR count). The van der Waals surface area contributed by atoms with E-state index in [1.165, 1.54) is 12.8 Å². The van der Waals surface area contributed by atoms with Gasteiger partial charge in [-0.2, -0.15) is 0 Å². The van der Waals surface area contributed by atoms with E-state index in [9.17, 15) is 4.79 Å². The zero-order valence-corrected chi connectivity index (χ0v) is 7.08. The van der Waals surface area contributed by atoms with E-state index in [2.05, 4.69) is 5.32 Å². The van der Waals surface area contributed by atoms with Gasteiger partial charge in [0.15, 0.2) is 0 Å². The summed E-state index contributed by atoms with van der Waals surface area (Å²) < 4.78 is 4.92. The van der Waals surface area contributed by atoms with E-state index in [4.69, 9.17) is 9.84 Å². The van der Waals surface area contributed by atoms with Crippen LogP contribution in [-0.2, 0) is 9.53 Å². The van der Waals surface area contributed by atoms with Crippen LogP contribution in [0.1, 0.15) is 19.3 Å². The lowest BCUT2D eigenvalue weighted by atomic mass is 10.2. The van der Waals surface area contributed by atoms with Crippen molar-refractivity contribution < 1.29 is 14.6 Å². The molecule has 1 atom stereocenters. The Labute approximate surface area is 71.9 Å². The fourth-order valence-corrected chi connectivity index (χ4v) is 1.39. The number of hydrogen-bond acceptors (Lipinski definition) is 3. The molecular weight excluding hydrogens is 158 g/mol. The van der Waals surface area contributed by atoms with Gasteiger partial charge in [0.1, 0.15) is 6.61 Å². The van der Waals surface area contributed by atoms with Gasteiger partial charge in [-0.15, -0.1) is 0 Å². The van der Waals surface area contributed by atoms with Crippen molar-refractivity contribution in [2.24, 2.45) is 0 Å². The number of carboxylic acids is 1. The van der Waals surface area contributed by atoms with Crippen molar-refractivity contribution in [1.29, 1.82) is 0 Å². The summed E-state index contributed by atoms with van der Waals surface area (Å²) in [5.41, 5.74) is 0. The highest BCUT2D eigenvalue weighted by Crippen LogP contribution is 2.08.